The molecule has 1 amide bonds. The minimum atomic E-state index is 0.280. The normalized spacial score (nSPS) is 13.6. The number of ether oxygens (including phenoxy) is 1. The molecular formula is C23H26N2O2S. The standard InChI is InChI=1S/C23H26N2O2S/c1-27-19-14-10-17(11-15-19)16-25(18-12-13-18)23(26)9-5-4-8-22-24-20-6-2-3-7-21(20)28-22/h2-3,6-7,10-11,14-15,18H,4-5,8-9,12-13,16H2,1H3. The van der Waals surface area contributed by atoms with Crippen LogP contribution in [-0.4, -0.2) is 28.9 Å². The molecule has 1 aliphatic carbocycles. The van der Waals surface area contributed by atoms with Crippen LogP contribution in [0.3, 0.4) is 0 Å². The Labute approximate surface area is 170 Å². The Morgan fingerprint density at radius 3 is 2.64 bits per heavy atom. The molecule has 0 radical (unpaired) electrons. The summed E-state index contributed by atoms with van der Waals surface area (Å²) in [6.45, 7) is 0.700. The van der Waals surface area contributed by atoms with Crippen LogP contribution in [0.25, 0.3) is 10.2 Å². The van der Waals surface area contributed by atoms with Crippen LogP contribution >= 0.6 is 11.3 Å². The van der Waals surface area contributed by atoms with Gasteiger partial charge in [0.05, 0.1) is 22.3 Å². The number of para-hydroxylation sites is 1. The van der Waals surface area contributed by atoms with Gasteiger partial charge in [0.2, 0.25) is 5.91 Å². The van der Waals surface area contributed by atoms with Crippen molar-refractivity contribution in [3.8, 4) is 5.75 Å². The van der Waals surface area contributed by atoms with Crippen molar-refractivity contribution in [2.45, 2.75) is 51.1 Å². The first-order valence-electron chi connectivity index (χ1n) is 10.00. The molecule has 1 saturated carbocycles. The van der Waals surface area contributed by atoms with E-state index in [4.69, 9.17) is 4.74 Å². The van der Waals surface area contributed by atoms with Crippen LogP contribution in [0.4, 0.5) is 0 Å². The first-order chi connectivity index (χ1) is 13.7. The number of methoxy groups -OCH3 is 1. The van der Waals surface area contributed by atoms with E-state index in [2.05, 4.69) is 40.2 Å². The molecular weight excluding hydrogens is 368 g/mol. The quantitative estimate of drug-likeness (QED) is 0.468. The van der Waals surface area contributed by atoms with Crippen molar-refractivity contribution in [2.75, 3.05) is 7.11 Å². The molecule has 0 saturated heterocycles. The van der Waals surface area contributed by atoms with Gasteiger partial charge in [0.15, 0.2) is 0 Å². The maximum absolute atomic E-state index is 12.8. The molecule has 0 unspecified atom stereocenters. The maximum Gasteiger partial charge on any atom is 0.223 e. The number of carbonyl (C=O) groups is 1. The highest BCUT2D eigenvalue weighted by molar-refractivity contribution is 7.18. The predicted molar refractivity (Wildman–Crippen MR) is 114 cm³/mol. The second kappa shape index (κ2) is 8.74. The Hall–Kier alpha value is -2.40. The van der Waals surface area contributed by atoms with E-state index in [1.807, 2.05) is 18.2 Å². The molecule has 0 aliphatic heterocycles. The summed E-state index contributed by atoms with van der Waals surface area (Å²) in [7, 11) is 1.67. The van der Waals surface area contributed by atoms with E-state index in [0.29, 0.717) is 19.0 Å². The number of fused-ring (bicyclic) bond motifs is 1. The highest BCUT2D eigenvalue weighted by Crippen LogP contribution is 2.30. The first kappa shape index (κ1) is 18.9. The summed E-state index contributed by atoms with van der Waals surface area (Å²) in [4.78, 5) is 19.5. The summed E-state index contributed by atoms with van der Waals surface area (Å²) < 4.78 is 6.46. The maximum atomic E-state index is 12.8. The van der Waals surface area contributed by atoms with Crippen LogP contribution in [0.2, 0.25) is 0 Å². The van der Waals surface area contributed by atoms with Gasteiger partial charge in [-0.2, -0.15) is 0 Å². The third-order valence-electron chi connectivity index (χ3n) is 5.19. The van der Waals surface area contributed by atoms with Crippen LogP contribution in [0.1, 0.15) is 42.7 Å². The highest BCUT2D eigenvalue weighted by Gasteiger charge is 2.32. The van der Waals surface area contributed by atoms with Gasteiger partial charge < -0.3 is 9.64 Å². The van der Waals surface area contributed by atoms with Crippen LogP contribution in [0.15, 0.2) is 48.5 Å². The smallest absolute Gasteiger partial charge is 0.223 e. The number of rotatable bonds is 9. The number of hydrogen-bond donors (Lipinski definition) is 0. The minimum Gasteiger partial charge on any atom is -0.497 e. The molecule has 1 aliphatic rings. The van der Waals surface area contributed by atoms with Gasteiger partial charge in [-0.25, -0.2) is 4.98 Å². The fourth-order valence-electron chi connectivity index (χ4n) is 3.46. The molecule has 3 aromatic rings. The van der Waals surface area contributed by atoms with E-state index in [1.54, 1.807) is 18.4 Å². The Bertz CT molecular complexity index is 898. The summed E-state index contributed by atoms with van der Waals surface area (Å²) in [5.74, 6) is 1.13. The second-order valence-electron chi connectivity index (χ2n) is 7.38. The number of benzene rings is 2. The van der Waals surface area contributed by atoms with Gasteiger partial charge in [0.1, 0.15) is 5.75 Å². The van der Waals surface area contributed by atoms with Crippen LogP contribution < -0.4 is 4.74 Å². The van der Waals surface area contributed by atoms with Crippen LogP contribution in [-0.2, 0) is 17.8 Å². The summed E-state index contributed by atoms with van der Waals surface area (Å²) in [6, 6.07) is 16.7. The lowest BCUT2D eigenvalue weighted by molar-refractivity contribution is -0.132. The minimum absolute atomic E-state index is 0.280. The zero-order chi connectivity index (χ0) is 19.3. The third kappa shape index (κ3) is 4.71. The lowest BCUT2D eigenvalue weighted by Crippen LogP contribution is -2.32. The van der Waals surface area contributed by atoms with Gasteiger partial charge in [0.25, 0.3) is 0 Å². The zero-order valence-corrected chi connectivity index (χ0v) is 17.1. The summed E-state index contributed by atoms with van der Waals surface area (Å²) in [5.41, 5.74) is 2.24. The fourth-order valence-corrected chi connectivity index (χ4v) is 4.47. The fraction of sp³-hybridized carbons (Fsp3) is 0.391. The zero-order valence-electron chi connectivity index (χ0n) is 16.3. The van der Waals surface area contributed by atoms with Crippen molar-refractivity contribution in [1.82, 2.24) is 9.88 Å². The molecule has 1 fully saturated rings. The molecule has 0 N–H and O–H groups in total. The molecule has 1 aromatic heterocycles. The number of amides is 1. The summed E-state index contributed by atoms with van der Waals surface area (Å²) in [5, 5.41) is 1.17. The molecule has 4 rings (SSSR count). The van der Waals surface area contributed by atoms with E-state index < -0.39 is 0 Å². The number of unbranched alkanes of at least 4 members (excludes halogenated alkanes) is 1. The number of aromatic nitrogens is 1. The van der Waals surface area contributed by atoms with Crippen molar-refractivity contribution >= 4 is 27.5 Å². The van der Waals surface area contributed by atoms with E-state index in [9.17, 15) is 4.79 Å². The second-order valence-corrected chi connectivity index (χ2v) is 8.50. The molecule has 2 aromatic carbocycles. The summed E-state index contributed by atoms with van der Waals surface area (Å²) >= 11 is 1.77. The molecule has 1 heterocycles. The number of thiazole rings is 1. The van der Waals surface area contributed by atoms with Gasteiger partial charge in [-0.3, -0.25) is 4.79 Å². The number of hydrogen-bond acceptors (Lipinski definition) is 4. The van der Waals surface area contributed by atoms with E-state index in [0.717, 1.165) is 48.9 Å². The number of aryl methyl sites for hydroxylation is 1. The molecule has 28 heavy (non-hydrogen) atoms. The number of carbonyl (C=O) groups excluding carboxylic acids is 1. The molecule has 0 bridgehead atoms. The van der Waals surface area contributed by atoms with Gasteiger partial charge in [0, 0.05) is 19.0 Å². The van der Waals surface area contributed by atoms with E-state index >= 15 is 0 Å². The van der Waals surface area contributed by atoms with Gasteiger partial charge in [-0.05, 0) is 61.9 Å². The third-order valence-corrected chi connectivity index (χ3v) is 6.29. The molecule has 0 spiro atoms. The van der Waals surface area contributed by atoms with Crippen molar-refractivity contribution in [3.63, 3.8) is 0 Å². The van der Waals surface area contributed by atoms with Crippen molar-refractivity contribution in [1.29, 1.82) is 0 Å². The Morgan fingerprint density at radius 1 is 1.14 bits per heavy atom. The van der Waals surface area contributed by atoms with Gasteiger partial charge in [-0.1, -0.05) is 24.3 Å². The Kier molecular flexibility index (Phi) is 5.91. The van der Waals surface area contributed by atoms with Crippen molar-refractivity contribution in [2.24, 2.45) is 0 Å². The molecule has 4 nitrogen and oxygen atoms in total. The monoisotopic (exact) mass is 394 g/mol. The van der Waals surface area contributed by atoms with Crippen molar-refractivity contribution < 1.29 is 9.53 Å². The van der Waals surface area contributed by atoms with Crippen LogP contribution in [0, 0.1) is 0 Å². The first-order valence-corrected chi connectivity index (χ1v) is 10.8. The van der Waals surface area contributed by atoms with Crippen molar-refractivity contribution in [3.05, 3.63) is 59.1 Å². The lowest BCUT2D eigenvalue weighted by atomic mass is 10.1. The van der Waals surface area contributed by atoms with Crippen LogP contribution in [0.5, 0.6) is 5.75 Å². The van der Waals surface area contributed by atoms with Gasteiger partial charge in [-0.15, -0.1) is 11.3 Å². The summed E-state index contributed by atoms with van der Waals surface area (Å²) in [6.07, 6.45) is 5.76. The predicted octanol–water partition coefficient (Wildman–Crippen LogP) is 5.21. The largest absolute Gasteiger partial charge is 0.497 e. The van der Waals surface area contributed by atoms with Gasteiger partial charge >= 0.3 is 0 Å². The number of nitrogens with zero attached hydrogens (tertiary/aromatic N) is 2. The Morgan fingerprint density at radius 2 is 1.93 bits per heavy atom. The SMILES string of the molecule is COc1ccc(CN(C(=O)CCCCc2nc3ccccc3s2)C2CC2)cc1. The topological polar surface area (TPSA) is 42.4 Å². The molecule has 5 heteroatoms. The highest BCUT2D eigenvalue weighted by atomic mass is 32.1. The lowest BCUT2D eigenvalue weighted by Gasteiger charge is -2.23. The Balaban J connectivity index is 1.27. The molecule has 0 atom stereocenters. The average molecular weight is 395 g/mol. The van der Waals surface area contributed by atoms with E-state index in [1.165, 1.54) is 9.71 Å². The average Bonchev–Trinajstić information content (AvgIpc) is 3.48. The molecule has 146 valence electrons. The van der Waals surface area contributed by atoms with E-state index in [-0.39, 0.29) is 5.91 Å².